The number of aliphatic hydroxyl groups is 1. The molecule has 0 spiro atoms. The van der Waals surface area contributed by atoms with Crippen molar-refractivity contribution < 1.29 is 5.11 Å². The van der Waals surface area contributed by atoms with Crippen LogP contribution in [0.2, 0.25) is 0 Å². The quantitative estimate of drug-likeness (QED) is 0.297. The van der Waals surface area contributed by atoms with Gasteiger partial charge in [0.25, 0.3) is 0 Å². The van der Waals surface area contributed by atoms with E-state index in [4.69, 9.17) is 0 Å². The van der Waals surface area contributed by atoms with E-state index in [1.807, 2.05) is 6.08 Å². The molecular weight excluding hydrogens is 268 g/mol. The Morgan fingerprint density at radius 2 is 1.73 bits per heavy atom. The standard InChI is InChI=1S/C21H34O/c1-3-5-7-8-11-14-19-18-20(19)15-12-9-13-17-21(22)16-10-6-4-2/h8-9,11-12,19-22H,3-7,10,14-16,18H2,1-2H3/b11-8-,12-9-/t19-,20+,21-/m1/s1. The van der Waals surface area contributed by atoms with Gasteiger partial charge in [0, 0.05) is 0 Å². The molecule has 0 aromatic rings. The molecule has 0 aromatic carbocycles. The van der Waals surface area contributed by atoms with E-state index < -0.39 is 6.10 Å². The van der Waals surface area contributed by atoms with Crippen LogP contribution in [0, 0.1) is 23.7 Å². The van der Waals surface area contributed by atoms with Gasteiger partial charge in [-0.25, -0.2) is 0 Å². The largest absolute Gasteiger partial charge is 0.380 e. The first-order valence-corrected chi connectivity index (χ1v) is 9.27. The van der Waals surface area contributed by atoms with Crippen molar-refractivity contribution in [1.29, 1.82) is 0 Å². The number of unbranched alkanes of at least 4 members (excludes halogenated alkanes) is 4. The zero-order chi connectivity index (χ0) is 16.0. The third-order valence-electron chi connectivity index (χ3n) is 4.37. The number of hydrogen-bond acceptors (Lipinski definition) is 1. The number of aliphatic hydroxyl groups excluding tert-OH is 1. The second-order valence-electron chi connectivity index (χ2n) is 6.54. The summed E-state index contributed by atoms with van der Waals surface area (Å²) < 4.78 is 0. The second-order valence-corrected chi connectivity index (χ2v) is 6.54. The Labute approximate surface area is 137 Å². The second kappa shape index (κ2) is 12.5. The fraction of sp³-hybridized carbons (Fsp3) is 0.714. The fourth-order valence-corrected chi connectivity index (χ4v) is 2.70. The van der Waals surface area contributed by atoms with E-state index in [1.54, 1.807) is 0 Å². The topological polar surface area (TPSA) is 20.2 Å². The van der Waals surface area contributed by atoms with Crippen LogP contribution in [0.1, 0.15) is 78.1 Å². The number of rotatable bonds is 11. The summed E-state index contributed by atoms with van der Waals surface area (Å²) >= 11 is 0. The molecule has 0 saturated heterocycles. The normalized spacial score (nSPS) is 22.0. The van der Waals surface area contributed by atoms with Crippen molar-refractivity contribution in [2.24, 2.45) is 11.8 Å². The fourth-order valence-electron chi connectivity index (χ4n) is 2.70. The van der Waals surface area contributed by atoms with Crippen LogP contribution in [0.3, 0.4) is 0 Å². The Balaban J connectivity index is 2.04. The van der Waals surface area contributed by atoms with Crippen molar-refractivity contribution >= 4 is 0 Å². The first-order valence-electron chi connectivity index (χ1n) is 9.27. The molecule has 0 aliphatic heterocycles. The zero-order valence-corrected chi connectivity index (χ0v) is 14.6. The minimum absolute atomic E-state index is 0.446. The van der Waals surface area contributed by atoms with Gasteiger partial charge in [0.15, 0.2) is 0 Å². The van der Waals surface area contributed by atoms with Gasteiger partial charge in [-0.2, -0.15) is 0 Å². The summed E-state index contributed by atoms with van der Waals surface area (Å²) in [6.45, 7) is 4.41. The summed E-state index contributed by atoms with van der Waals surface area (Å²) in [5, 5.41) is 9.68. The summed E-state index contributed by atoms with van der Waals surface area (Å²) in [6.07, 6.45) is 20.3. The highest BCUT2D eigenvalue weighted by Crippen LogP contribution is 2.44. The Morgan fingerprint density at radius 1 is 1.00 bits per heavy atom. The van der Waals surface area contributed by atoms with Crippen LogP contribution in [0.5, 0.6) is 0 Å². The first-order chi connectivity index (χ1) is 10.8. The molecule has 1 rings (SSSR count). The maximum Gasteiger partial charge on any atom is 0.115 e. The van der Waals surface area contributed by atoms with E-state index in [0.717, 1.165) is 31.1 Å². The third-order valence-corrected chi connectivity index (χ3v) is 4.37. The summed E-state index contributed by atoms with van der Waals surface area (Å²) in [5.41, 5.74) is 0. The van der Waals surface area contributed by atoms with Crippen LogP contribution in [0.4, 0.5) is 0 Å². The lowest BCUT2D eigenvalue weighted by molar-refractivity contribution is 0.217. The molecule has 1 N–H and O–H groups in total. The van der Waals surface area contributed by atoms with E-state index in [0.29, 0.717) is 0 Å². The lowest BCUT2D eigenvalue weighted by Gasteiger charge is -2.00. The molecule has 124 valence electrons. The highest BCUT2D eigenvalue weighted by Gasteiger charge is 2.34. The van der Waals surface area contributed by atoms with Gasteiger partial charge in [0.1, 0.15) is 6.10 Å². The van der Waals surface area contributed by atoms with E-state index in [-0.39, 0.29) is 0 Å². The van der Waals surface area contributed by atoms with E-state index in [9.17, 15) is 5.11 Å². The minimum atomic E-state index is -0.446. The van der Waals surface area contributed by atoms with Gasteiger partial charge in [-0.15, -0.1) is 0 Å². The highest BCUT2D eigenvalue weighted by atomic mass is 16.3. The average molecular weight is 303 g/mol. The molecule has 1 fully saturated rings. The summed E-state index contributed by atoms with van der Waals surface area (Å²) in [6, 6.07) is 0. The van der Waals surface area contributed by atoms with Crippen LogP contribution >= 0.6 is 0 Å². The van der Waals surface area contributed by atoms with Crippen LogP contribution < -0.4 is 0 Å². The molecule has 1 heteroatoms. The molecule has 1 aliphatic carbocycles. The van der Waals surface area contributed by atoms with Crippen LogP contribution in [0.15, 0.2) is 24.3 Å². The van der Waals surface area contributed by atoms with E-state index in [2.05, 4.69) is 43.9 Å². The number of hydrogen-bond donors (Lipinski definition) is 1. The van der Waals surface area contributed by atoms with E-state index in [1.165, 1.54) is 44.9 Å². The molecule has 22 heavy (non-hydrogen) atoms. The summed E-state index contributed by atoms with van der Waals surface area (Å²) in [7, 11) is 0. The van der Waals surface area contributed by atoms with Crippen molar-refractivity contribution in [2.45, 2.75) is 84.2 Å². The monoisotopic (exact) mass is 302 g/mol. The molecule has 1 saturated carbocycles. The zero-order valence-electron chi connectivity index (χ0n) is 14.6. The molecule has 0 heterocycles. The van der Waals surface area contributed by atoms with Crippen LogP contribution in [0.25, 0.3) is 0 Å². The Bertz CT molecular complexity index is 382. The highest BCUT2D eigenvalue weighted by molar-refractivity contribution is 5.18. The van der Waals surface area contributed by atoms with Gasteiger partial charge in [-0.05, 0) is 56.4 Å². The van der Waals surface area contributed by atoms with Crippen LogP contribution in [-0.4, -0.2) is 11.2 Å². The van der Waals surface area contributed by atoms with Gasteiger partial charge in [0.05, 0.1) is 0 Å². The maximum atomic E-state index is 9.68. The molecular formula is C21H34O. The molecule has 0 unspecified atom stereocenters. The smallest absolute Gasteiger partial charge is 0.115 e. The van der Waals surface area contributed by atoms with Gasteiger partial charge in [0.2, 0.25) is 0 Å². The number of allylic oxidation sites excluding steroid dienone is 4. The molecule has 0 aromatic heterocycles. The van der Waals surface area contributed by atoms with Crippen molar-refractivity contribution in [2.75, 3.05) is 0 Å². The summed E-state index contributed by atoms with van der Waals surface area (Å²) in [5.74, 6) is 7.65. The predicted molar refractivity (Wildman–Crippen MR) is 96.6 cm³/mol. The molecule has 0 amide bonds. The van der Waals surface area contributed by atoms with Gasteiger partial charge < -0.3 is 5.11 Å². The average Bonchev–Trinajstić information content (AvgIpc) is 3.25. The Hall–Kier alpha value is -1.00. The van der Waals surface area contributed by atoms with Crippen molar-refractivity contribution in [3.8, 4) is 11.8 Å². The molecule has 0 bridgehead atoms. The van der Waals surface area contributed by atoms with Gasteiger partial charge in [-0.3, -0.25) is 0 Å². The molecule has 1 aliphatic rings. The van der Waals surface area contributed by atoms with Crippen molar-refractivity contribution in [3.63, 3.8) is 0 Å². The molecule has 1 nitrogen and oxygen atoms in total. The SMILES string of the molecule is CCCC/C=C\C[C@@H]1C[C@@H]1C/C=C\C#C[C@H](O)CCCCC. The lowest BCUT2D eigenvalue weighted by Crippen LogP contribution is -2.01. The van der Waals surface area contributed by atoms with Gasteiger partial charge >= 0.3 is 0 Å². The van der Waals surface area contributed by atoms with Gasteiger partial charge in [-0.1, -0.05) is 69.6 Å². The first kappa shape index (κ1) is 19.0. The summed E-state index contributed by atoms with van der Waals surface area (Å²) in [4.78, 5) is 0. The van der Waals surface area contributed by atoms with Crippen LogP contribution in [-0.2, 0) is 0 Å². The maximum absolute atomic E-state index is 9.68. The lowest BCUT2D eigenvalue weighted by atomic mass is 10.1. The molecule has 3 atom stereocenters. The molecule has 0 radical (unpaired) electrons. The minimum Gasteiger partial charge on any atom is -0.380 e. The Morgan fingerprint density at radius 3 is 2.45 bits per heavy atom. The van der Waals surface area contributed by atoms with E-state index >= 15 is 0 Å². The van der Waals surface area contributed by atoms with Crippen molar-refractivity contribution in [3.05, 3.63) is 24.3 Å². The Kier molecular flexibility index (Phi) is 10.9. The third kappa shape index (κ3) is 9.85. The van der Waals surface area contributed by atoms with Crippen molar-refractivity contribution in [1.82, 2.24) is 0 Å². The predicted octanol–water partition coefficient (Wildman–Crippen LogP) is 5.65.